The highest BCUT2D eigenvalue weighted by atomic mass is 16.2. The topological polar surface area (TPSA) is 75.4 Å². The molecular formula is C15H15N3O2. The largest absolute Gasteiger partial charge is 0.372 e. The summed E-state index contributed by atoms with van der Waals surface area (Å²) < 4.78 is 0. The average molecular weight is 269 g/mol. The van der Waals surface area contributed by atoms with Gasteiger partial charge in [0.2, 0.25) is 11.8 Å². The Morgan fingerprint density at radius 1 is 1.40 bits per heavy atom. The third-order valence-corrected chi connectivity index (χ3v) is 4.74. The lowest BCUT2D eigenvalue weighted by Crippen LogP contribution is -2.49. The molecule has 3 heterocycles. The fraction of sp³-hybridized carbons (Fsp3) is 0.333. The third kappa shape index (κ3) is 1.13. The van der Waals surface area contributed by atoms with E-state index in [1.54, 1.807) is 6.20 Å². The number of benzene rings is 1. The molecule has 3 aliphatic rings. The minimum absolute atomic E-state index is 0.00801. The van der Waals surface area contributed by atoms with Gasteiger partial charge in [-0.25, -0.2) is 0 Å². The van der Waals surface area contributed by atoms with Gasteiger partial charge in [0.25, 0.3) is 0 Å². The van der Waals surface area contributed by atoms with Gasteiger partial charge in [0, 0.05) is 18.4 Å². The molecule has 102 valence electrons. The number of rotatable bonds is 1. The van der Waals surface area contributed by atoms with Crippen LogP contribution in [0.15, 0.2) is 36.0 Å². The number of amides is 2. The highest BCUT2D eigenvalue weighted by Crippen LogP contribution is 2.52. The Morgan fingerprint density at radius 2 is 2.20 bits per heavy atom. The second-order valence-electron chi connectivity index (χ2n) is 5.61. The van der Waals surface area contributed by atoms with Crippen molar-refractivity contribution in [3.63, 3.8) is 0 Å². The second kappa shape index (κ2) is 3.62. The zero-order valence-electron chi connectivity index (χ0n) is 10.9. The molecule has 2 atom stereocenters. The molecule has 5 heteroatoms. The van der Waals surface area contributed by atoms with Crippen LogP contribution in [0.5, 0.6) is 0 Å². The van der Waals surface area contributed by atoms with Crippen LogP contribution in [0.3, 0.4) is 0 Å². The summed E-state index contributed by atoms with van der Waals surface area (Å²) in [5.74, 6) is -0.635. The van der Waals surface area contributed by atoms with Gasteiger partial charge in [-0.05, 0) is 24.5 Å². The summed E-state index contributed by atoms with van der Waals surface area (Å²) >= 11 is 0. The molecule has 20 heavy (non-hydrogen) atoms. The lowest BCUT2D eigenvalue weighted by molar-refractivity contribution is -0.123. The smallest absolute Gasteiger partial charge is 0.247 e. The van der Waals surface area contributed by atoms with Gasteiger partial charge in [-0.3, -0.25) is 9.59 Å². The van der Waals surface area contributed by atoms with Crippen LogP contribution in [0.2, 0.25) is 0 Å². The normalized spacial score (nSPS) is 30.2. The quantitative estimate of drug-likeness (QED) is 0.789. The number of nitrogens with one attached hydrogen (secondary N) is 1. The second-order valence-corrected chi connectivity index (χ2v) is 5.61. The lowest BCUT2D eigenvalue weighted by Gasteiger charge is -2.31. The third-order valence-electron chi connectivity index (χ3n) is 4.74. The van der Waals surface area contributed by atoms with Crippen LogP contribution >= 0.6 is 0 Å². The molecule has 0 saturated carbocycles. The number of carbonyl (C=O) groups is 2. The molecule has 3 N–H and O–H groups in total. The summed E-state index contributed by atoms with van der Waals surface area (Å²) in [6.45, 7) is 0.874. The van der Waals surface area contributed by atoms with E-state index in [0.717, 1.165) is 30.6 Å². The van der Waals surface area contributed by atoms with Crippen molar-refractivity contribution in [1.82, 2.24) is 4.90 Å². The van der Waals surface area contributed by atoms with E-state index in [-0.39, 0.29) is 11.9 Å². The van der Waals surface area contributed by atoms with Crippen molar-refractivity contribution in [2.75, 3.05) is 11.9 Å². The molecule has 0 bridgehead atoms. The minimum Gasteiger partial charge on any atom is -0.372 e. The number of nitrogens with zero attached hydrogens (tertiary/aromatic N) is 1. The van der Waals surface area contributed by atoms with Crippen molar-refractivity contribution in [3.05, 3.63) is 41.6 Å². The Kier molecular flexibility index (Phi) is 2.09. The Labute approximate surface area is 116 Å². The Hall–Kier alpha value is -2.30. The van der Waals surface area contributed by atoms with Crippen molar-refractivity contribution in [3.8, 4) is 0 Å². The molecule has 2 amide bonds. The highest BCUT2D eigenvalue weighted by Gasteiger charge is 2.61. The molecule has 1 spiro atoms. The van der Waals surface area contributed by atoms with Crippen molar-refractivity contribution in [1.29, 1.82) is 0 Å². The maximum Gasteiger partial charge on any atom is 0.247 e. The summed E-state index contributed by atoms with van der Waals surface area (Å²) in [7, 11) is 0. The van der Waals surface area contributed by atoms with Crippen LogP contribution in [0.4, 0.5) is 5.69 Å². The standard InChI is InChI=1S/C15H15N3O2/c16-13(19)10-8-18-7-3-6-12(18)15(10)9-4-1-2-5-11(9)17-14(15)20/h1-2,4-5,8,12H,3,6-7H2,(H2,16,19)(H,17,20). The molecule has 0 aromatic heterocycles. The zero-order valence-corrected chi connectivity index (χ0v) is 10.9. The SMILES string of the molecule is NC(=O)C1=CN2CCCC2C12C(=O)Nc1ccccc12. The summed E-state index contributed by atoms with van der Waals surface area (Å²) in [5.41, 5.74) is 6.73. The van der Waals surface area contributed by atoms with E-state index in [1.165, 1.54) is 0 Å². The number of hydrogen-bond acceptors (Lipinski definition) is 3. The van der Waals surface area contributed by atoms with Gasteiger partial charge in [-0.2, -0.15) is 0 Å². The predicted octanol–water partition coefficient (Wildman–Crippen LogP) is 0.724. The van der Waals surface area contributed by atoms with Crippen LogP contribution < -0.4 is 11.1 Å². The maximum atomic E-state index is 12.7. The molecule has 0 radical (unpaired) electrons. The fourth-order valence-electron chi connectivity index (χ4n) is 3.99. The lowest BCUT2D eigenvalue weighted by atomic mass is 9.70. The first-order valence-electron chi connectivity index (χ1n) is 6.84. The number of anilines is 1. The van der Waals surface area contributed by atoms with E-state index in [4.69, 9.17) is 5.73 Å². The number of primary amides is 1. The number of carbonyl (C=O) groups excluding carboxylic acids is 2. The van der Waals surface area contributed by atoms with E-state index in [1.807, 2.05) is 24.3 Å². The molecular weight excluding hydrogens is 254 g/mol. The van der Waals surface area contributed by atoms with Gasteiger partial charge in [0.1, 0.15) is 5.41 Å². The predicted molar refractivity (Wildman–Crippen MR) is 73.8 cm³/mol. The van der Waals surface area contributed by atoms with Gasteiger partial charge < -0.3 is 16.0 Å². The van der Waals surface area contributed by atoms with E-state index in [9.17, 15) is 9.59 Å². The van der Waals surface area contributed by atoms with Crippen LogP contribution in [-0.2, 0) is 15.0 Å². The number of hydrogen-bond donors (Lipinski definition) is 2. The summed E-state index contributed by atoms with van der Waals surface area (Å²) in [6.07, 6.45) is 3.72. The molecule has 1 fully saturated rings. The number of nitrogens with two attached hydrogens (primary N) is 1. The Balaban J connectivity index is 2.00. The molecule has 5 nitrogen and oxygen atoms in total. The van der Waals surface area contributed by atoms with Crippen LogP contribution in [0, 0.1) is 0 Å². The molecule has 1 aromatic rings. The van der Waals surface area contributed by atoms with Gasteiger partial charge in [0.05, 0.1) is 11.6 Å². The van der Waals surface area contributed by atoms with E-state index in [0.29, 0.717) is 5.57 Å². The van der Waals surface area contributed by atoms with Crippen LogP contribution in [0.25, 0.3) is 0 Å². The molecule has 3 aliphatic heterocycles. The fourth-order valence-corrected chi connectivity index (χ4v) is 3.99. The van der Waals surface area contributed by atoms with E-state index >= 15 is 0 Å². The zero-order chi connectivity index (χ0) is 13.9. The van der Waals surface area contributed by atoms with Gasteiger partial charge in [0.15, 0.2) is 0 Å². The Bertz CT molecular complexity index is 667. The minimum atomic E-state index is -0.918. The summed E-state index contributed by atoms with van der Waals surface area (Å²) in [5, 5.41) is 2.91. The maximum absolute atomic E-state index is 12.7. The van der Waals surface area contributed by atoms with Crippen molar-refractivity contribution >= 4 is 17.5 Å². The highest BCUT2D eigenvalue weighted by molar-refractivity contribution is 6.16. The monoisotopic (exact) mass is 269 g/mol. The van der Waals surface area contributed by atoms with Crippen molar-refractivity contribution < 1.29 is 9.59 Å². The number of fused-ring (bicyclic) bond motifs is 4. The summed E-state index contributed by atoms with van der Waals surface area (Å²) in [6, 6.07) is 7.59. The van der Waals surface area contributed by atoms with Gasteiger partial charge in [-0.15, -0.1) is 0 Å². The van der Waals surface area contributed by atoms with Gasteiger partial charge >= 0.3 is 0 Å². The molecule has 4 rings (SSSR count). The summed E-state index contributed by atoms with van der Waals surface area (Å²) in [4.78, 5) is 26.7. The Morgan fingerprint density at radius 3 is 3.00 bits per heavy atom. The molecule has 1 aromatic carbocycles. The molecule has 1 saturated heterocycles. The van der Waals surface area contributed by atoms with Gasteiger partial charge in [-0.1, -0.05) is 18.2 Å². The van der Waals surface area contributed by atoms with E-state index < -0.39 is 11.3 Å². The first kappa shape index (κ1) is 11.5. The first-order chi connectivity index (χ1) is 9.65. The van der Waals surface area contributed by atoms with Crippen molar-refractivity contribution in [2.24, 2.45) is 5.73 Å². The average Bonchev–Trinajstić information content (AvgIpc) is 3.05. The van der Waals surface area contributed by atoms with Crippen molar-refractivity contribution in [2.45, 2.75) is 24.3 Å². The van der Waals surface area contributed by atoms with E-state index in [2.05, 4.69) is 10.2 Å². The molecule has 2 unspecified atom stereocenters. The van der Waals surface area contributed by atoms with Crippen LogP contribution in [-0.4, -0.2) is 29.3 Å². The number of para-hydroxylation sites is 1. The molecule has 0 aliphatic carbocycles. The first-order valence-corrected chi connectivity index (χ1v) is 6.84. The van der Waals surface area contributed by atoms with Crippen LogP contribution in [0.1, 0.15) is 18.4 Å².